The number of nitrogens with two attached hydrogens (primary N) is 1. The number of aromatic hydroxyl groups is 1. The quantitative estimate of drug-likeness (QED) is 0.751. The Labute approximate surface area is 171 Å². The first-order chi connectivity index (χ1) is 14.1. The lowest BCUT2D eigenvalue weighted by Crippen LogP contribution is -2.44. The fraction of sp³-hybridized carbons (Fsp3) is 0.375. The number of hydrogen-bond acceptors (Lipinski definition) is 5. The highest BCUT2D eigenvalue weighted by molar-refractivity contribution is 6.25. The standard InChI is InChI=1S/C24H28N4O/c1-16(19-9-12-26-27-19)22-20(7-4-8-21(22)29)28-13-10-24(11-14-28)15-17-5-2-3-6-18(17)23(24)25/h2-8,23,26,29H,1,9-15,25H2/t23-/m1/s1. The molecule has 5 nitrogen and oxygen atoms in total. The molecule has 29 heavy (non-hydrogen) atoms. The van der Waals surface area contributed by atoms with Crippen LogP contribution in [0.15, 0.2) is 54.1 Å². The fourth-order valence-corrected chi connectivity index (χ4v) is 5.34. The van der Waals surface area contributed by atoms with Gasteiger partial charge in [0.05, 0.1) is 5.71 Å². The Balaban J connectivity index is 1.40. The molecular formula is C24H28N4O. The van der Waals surface area contributed by atoms with Gasteiger partial charge in [-0.15, -0.1) is 0 Å². The summed E-state index contributed by atoms with van der Waals surface area (Å²) in [7, 11) is 0. The minimum atomic E-state index is 0.110. The van der Waals surface area contributed by atoms with Crippen LogP contribution in [0.2, 0.25) is 0 Å². The number of benzene rings is 2. The van der Waals surface area contributed by atoms with Crippen LogP contribution < -0.4 is 16.1 Å². The van der Waals surface area contributed by atoms with Gasteiger partial charge in [-0.1, -0.05) is 36.9 Å². The first kappa shape index (κ1) is 18.3. The van der Waals surface area contributed by atoms with Crippen LogP contribution >= 0.6 is 0 Å². The lowest BCUT2D eigenvalue weighted by atomic mass is 9.73. The number of hydrogen-bond donors (Lipinski definition) is 3. The Morgan fingerprint density at radius 2 is 1.97 bits per heavy atom. The molecule has 1 saturated heterocycles. The van der Waals surface area contributed by atoms with Gasteiger partial charge >= 0.3 is 0 Å². The molecule has 2 aliphatic heterocycles. The molecule has 2 aromatic rings. The van der Waals surface area contributed by atoms with E-state index >= 15 is 0 Å². The van der Waals surface area contributed by atoms with Crippen LogP contribution in [0.5, 0.6) is 5.75 Å². The first-order valence-corrected chi connectivity index (χ1v) is 10.5. The maximum absolute atomic E-state index is 10.6. The van der Waals surface area contributed by atoms with E-state index in [4.69, 9.17) is 5.73 Å². The van der Waals surface area contributed by atoms with Gasteiger partial charge in [-0.05, 0) is 47.9 Å². The Morgan fingerprint density at radius 1 is 1.17 bits per heavy atom. The van der Waals surface area contributed by atoms with Crippen molar-refractivity contribution in [2.24, 2.45) is 16.3 Å². The number of hydrazone groups is 1. The molecule has 0 bridgehead atoms. The number of anilines is 1. The van der Waals surface area contributed by atoms with Crippen molar-refractivity contribution >= 4 is 17.0 Å². The number of phenolic OH excluding ortho intramolecular Hbond substituents is 1. The van der Waals surface area contributed by atoms with Gasteiger partial charge in [0.2, 0.25) is 0 Å². The van der Waals surface area contributed by atoms with Crippen molar-refractivity contribution < 1.29 is 5.11 Å². The molecule has 2 heterocycles. The summed E-state index contributed by atoms with van der Waals surface area (Å²) in [5.41, 5.74) is 16.2. The third-order valence-corrected chi connectivity index (χ3v) is 7.05. The van der Waals surface area contributed by atoms with E-state index in [9.17, 15) is 5.11 Å². The molecule has 5 rings (SSSR count). The lowest BCUT2D eigenvalue weighted by molar-refractivity contribution is 0.187. The topological polar surface area (TPSA) is 73.9 Å². The molecule has 1 atom stereocenters. The third-order valence-electron chi connectivity index (χ3n) is 7.05. The molecule has 1 fully saturated rings. The van der Waals surface area contributed by atoms with Gasteiger partial charge in [0.1, 0.15) is 5.75 Å². The predicted octanol–water partition coefficient (Wildman–Crippen LogP) is 3.60. The molecule has 0 saturated carbocycles. The van der Waals surface area contributed by atoms with Crippen LogP contribution in [0.25, 0.3) is 5.57 Å². The number of fused-ring (bicyclic) bond motifs is 1. The molecule has 0 radical (unpaired) electrons. The summed E-state index contributed by atoms with van der Waals surface area (Å²) in [5.74, 6) is 0.271. The van der Waals surface area contributed by atoms with Crippen molar-refractivity contribution in [3.05, 3.63) is 65.7 Å². The van der Waals surface area contributed by atoms with E-state index < -0.39 is 0 Å². The Kier molecular flexibility index (Phi) is 4.36. The Morgan fingerprint density at radius 3 is 2.69 bits per heavy atom. The maximum Gasteiger partial charge on any atom is 0.125 e. The van der Waals surface area contributed by atoms with Crippen LogP contribution in [0.1, 0.15) is 42.0 Å². The minimum Gasteiger partial charge on any atom is -0.507 e. The smallest absolute Gasteiger partial charge is 0.125 e. The predicted molar refractivity (Wildman–Crippen MR) is 118 cm³/mol. The maximum atomic E-state index is 10.6. The van der Waals surface area contributed by atoms with Gasteiger partial charge < -0.3 is 21.2 Å². The van der Waals surface area contributed by atoms with Crippen LogP contribution in [-0.4, -0.2) is 30.5 Å². The van der Waals surface area contributed by atoms with E-state index in [0.29, 0.717) is 0 Å². The third kappa shape index (κ3) is 2.92. The van der Waals surface area contributed by atoms with Gasteiger partial charge in [0.25, 0.3) is 0 Å². The summed E-state index contributed by atoms with van der Waals surface area (Å²) in [6.45, 7) is 6.93. The number of nitrogens with zero attached hydrogens (tertiary/aromatic N) is 2. The van der Waals surface area contributed by atoms with E-state index in [-0.39, 0.29) is 17.2 Å². The van der Waals surface area contributed by atoms with Crippen LogP contribution in [-0.2, 0) is 6.42 Å². The van der Waals surface area contributed by atoms with Crippen molar-refractivity contribution in [2.45, 2.75) is 31.7 Å². The van der Waals surface area contributed by atoms with E-state index in [1.54, 1.807) is 6.07 Å². The summed E-state index contributed by atoms with van der Waals surface area (Å²) in [6.07, 6.45) is 4.00. The van der Waals surface area contributed by atoms with Crippen molar-refractivity contribution in [1.82, 2.24) is 5.43 Å². The largest absolute Gasteiger partial charge is 0.507 e. The zero-order valence-corrected chi connectivity index (χ0v) is 16.7. The summed E-state index contributed by atoms with van der Waals surface area (Å²) < 4.78 is 0. The number of piperidine rings is 1. The highest BCUT2D eigenvalue weighted by Crippen LogP contribution is 2.51. The molecule has 0 amide bonds. The average Bonchev–Trinajstić information content (AvgIpc) is 3.36. The molecule has 5 heteroatoms. The zero-order chi connectivity index (χ0) is 20.0. The minimum absolute atomic E-state index is 0.110. The first-order valence-electron chi connectivity index (χ1n) is 10.5. The van der Waals surface area contributed by atoms with Crippen LogP contribution in [0.4, 0.5) is 5.69 Å². The van der Waals surface area contributed by atoms with Gasteiger partial charge in [0, 0.05) is 48.9 Å². The van der Waals surface area contributed by atoms with Gasteiger partial charge in [-0.2, -0.15) is 5.10 Å². The van der Waals surface area contributed by atoms with Crippen LogP contribution in [0.3, 0.4) is 0 Å². The average molecular weight is 389 g/mol. The summed E-state index contributed by atoms with van der Waals surface area (Å²) in [4.78, 5) is 2.38. The SMILES string of the molecule is C=C(C1=NNCC1)c1c(O)cccc1N1CCC2(CC1)Cc1ccccc1[C@H]2N. The molecule has 4 N–H and O–H groups in total. The number of phenols is 1. The molecule has 1 spiro atoms. The summed E-state index contributed by atoms with van der Waals surface area (Å²) in [6, 6.07) is 14.5. The second-order valence-corrected chi connectivity index (χ2v) is 8.57. The van der Waals surface area contributed by atoms with E-state index in [2.05, 4.69) is 52.3 Å². The molecule has 2 aromatic carbocycles. The fourth-order valence-electron chi connectivity index (χ4n) is 5.34. The van der Waals surface area contributed by atoms with Crippen molar-refractivity contribution in [3.8, 4) is 5.75 Å². The van der Waals surface area contributed by atoms with Gasteiger partial charge in [0.15, 0.2) is 0 Å². The molecule has 3 aliphatic rings. The molecule has 1 aliphatic carbocycles. The number of rotatable bonds is 3. The van der Waals surface area contributed by atoms with Gasteiger partial charge in [-0.3, -0.25) is 0 Å². The van der Waals surface area contributed by atoms with E-state index in [1.807, 2.05) is 6.07 Å². The Bertz CT molecular complexity index is 988. The molecule has 150 valence electrons. The number of allylic oxidation sites excluding steroid dienone is 1. The second kappa shape index (κ2) is 6.92. The zero-order valence-electron chi connectivity index (χ0n) is 16.7. The Hall–Kier alpha value is -2.79. The monoisotopic (exact) mass is 388 g/mol. The van der Waals surface area contributed by atoms with Crippen LogP contribution in [0, 0.1) is 5.41 Å². The van der Waals surface area contributed by atoms with E-state index in [1.165, 1.54) is 11.1 Å². The number of nitrogens with one attached hydrogen (secondary N) is 1. The highest BCUT2D eigenvalue weighted by Gasteiger charge is 2.46. The van der Waals surface area contributed by atoms with E-state index in [0.717, 1.165) is 67.9 Å². The second-order valence-electron chi connectivity index (χ2n) is 8.57. The highest BCUT2D eigenvalue weighted by atomic mass is 16.3. The van der Waals surface area contributed by atoms with Crippen molar-refractivity contribution in [1.29, 1.82) is 0 Å². The molecule has 0 unspecified atom stereocenters. The lowest BCUT2D eigenvalue weighted by Gasteiger charge is -2.43. The summed E-state index contributed by atoms with van der Waals surface area (Å²) in [5, 5.41) is 15.0. The molecular weight excluding hydrogens is 360 g/mol. The van der Waals surface area contributed by atoms with Gasteiger partial charge in [-0.25, -0.2) is 0 Å². The molecule has 0 aromatic heterocycles. The summed E-state index contributed by atoms with van der Waals surface area (Å²) >= 11 is 0. The van der Waals surface area contributed by atoms with Crippen molar-refractivity contribution in [2.75, 3.05) is 24.5 Å². The van der Waals surface area contributed by atoms with Crippen molar-refractivity contribution in [3.63, 3.8) is 0 Å². The normalized spacial score (nSPS) is 22.3.